The van der Waals surface area contributed by atoms with Crippen LogP contribution in [0.15, 0.2) is 18.2 Å². The molecule has 0 radical (unpaired) electrons. The summed E-state index contributed by atoms with van der Waals surface area (Å²) < 4.78 is 15.3. The highest BCUT2D eigenvalue weighted by atomic mass is 19.1. The van der Waals surface area contributed by atoms with Gasteiger partial charge in [-0.3, -0.25) is 4.79 Å². The molecule has 6 heteroatoms. The van der Waals surface area contributed by atoms with Crippen molar-refractivity contribution in [1.29, 1.82) is 0 Å². The third-order valence-corrected chi connectivity index (χ3v) is 3.34. The van der Waals surface area contributed by atoms with E-state index in [0.29, 0.717) is 17.8 Å². The normalized spacial score (nSPS) is 11.4. The lowest BCUT2D eigenvalue weighted by atomic mass is 10.3. The summed E-state index contributed by atoms with van der Waals surface area (Å²) in [6.07, 6.45) is 1.31. The van der Waals surface area contributed by atoms with Gasteiger partial charge in [0.15, 0.2) is 0 Å². The maximum atomic E-state index is 13.3. The van der Waals surface area contributed by atoms with E-state index in [1.807, 2.05) is 18.7 Å². The van der Waals surface area contributed by atoms with Gasteiger partial charge in [0.25, 0.3) is 0 Å². The number of carboxylic acid groups (broad SMARTS) is 1. The van der Waals surface area contributed by atoms with Crippen LogP contribution in [0.3, 0.4) is 0 Å². The molecule has 0 unspecified atom stereocenters. The number of aliphatic carboxylic acids is 1. The number of nitrogens with zero attached hydrogens (tertiary/aromatic N) is 3. The van der Waals surface area contributed by atoms with E-state index in [1.165, 1.54) is 12.1 Å². The van der Waals surface area contributed by atoms with Crippen LogP contribution in [0.25, 0.3) is 11.0 Å². The maximum absolute atomic E-state index is 13.3. The van der Waals surface area contributed by atoms with Gasteiger partial charge in [-0.25, -0.2) is 9.37 Å². The van der Waals surface area contributed by atoms with Crippen molar-refractivity contribution in [2.75, 3.05) is 20.6 Å². The minimum Gasteiger partial charge on any atom is -0.481 e. The van der Waals surface area contributed by atoms with Crippen LogP contribution >= 0.6 is 0 Å². The van der Waals surface area contributed by atoms with Crippen molar-refractivity contribution >= 4 is 17.0 Å². The van der Waals surface area contributed by atoms with Gasteiger partial charge in [0.2, 0.25) is 0 Å². The number of hydrogen-bond acceptors (Lipinski definition) is 3. The molecule has 0 aliphatic carbocycles. The number of imidazole rings is 1. The lowest BCUT2D eigenvalue weighted by molar-refractivity contribution is -0.137. The molecule has 0 saturated heterocycles. The Hall–Kier alpha value is -1.95. The molecule has 114 valence electrons. The van der Waals surface area contributed by atoms with E-state index < -0.39 is 5.97 Å². The predicted octanol–water partition coefficient (Wildman–Crippen LogP) is 2.14. The molecule has 0 saturated carbocycles. The maximum Gasteiger partial charge on any atom is 0.303 e. The SMILES string of the molecule is CN(C)CCCn1c(CCC(=O)O)nc2cc(F)ccc21. The number of carbonyl (C=O) groups is 1. The first-order valence-corrected chi connectivity index (χ1v) is 6.98. The molecular weight excluding hydrogens is 273 g/mol. The minimum atomic E-state index is -0.854. The second kappa shape index (κ2) is 6.67. The largest absolute Gasteiger partial charge is 0.481 e. The second-order valence-electron chi connectivity index (χ2n) is 5.36. The van der Waals surface area contributed by atoms with Crippen LogP contribution in [0, 0.1) is 5.82 Å². The summed E-state index contributed by atoms with van der Waals surface area (Å²) in [6.45, 7) is 1.68. The Labute approximate surface area is 123 Å². The van der Waals surface area contributed by atoms with Crippen molar-refractivity contribution in [2.24, 2.45) is 0 Å². The highest BCUT2D eigenvalue weighted by Gasteiger charge is 2.12. The topological polar surface area (TPSA) is 58.4 Å². The number of aryl methyl sites for hydroxylation is 2. The Bertz CT molecular complexity index is 637. The first-order valence-electron chi connectivity index (χ1n) is 6.98. The highest BCUT2D eigenvalue weighted by Crippen LogP contribution is 2.19. The third kappa shape index (κ3) is 4.01. The van der Waals surface area contributed by atoms with Gasteiger partial charge in [0, 0.05) is 19.0 Å². The van der Waals surface area contributed by atoms with Crippen molar-refractivity contribution < 1.29 is 14.3 Å². The van der Waals surface area contributed by atoms with E-state index in [9.17, 15) is 9.18 Å². The molecule has 2 aromatic rings. The van der Waals surface area contributed by atoms with Crippen LogP contribution < -0.4 is 0 Å². The molecule has 0 aliphatic heterocycles. The molecule has 0 aliphatic rings. The zero-order valence-electron chi connectivity index (χ0n) is 12.3. The van der Waals surface area contributed by atoms with Crippen LogP contribution in [0.2, 0.25) is 0 Å². The molecule has 1 aromatic heterocycles. The third-order valence-electron chi connectivity index (χ3n) is 3.34. The van der Waals surface area contributed by atoms with Gasteiger partial charge in [-0.15, -0.1) is 0 Å². The van der Waals surface area contributed by atoms with Gasteiger partial charge >= 0.3 is 5.97 Å². The summed E-state index contributed by atoms with van der Waals surface area (Å²) in [7, 11) is 4.01. The number of halogens is 1. The number of hydrogen-bond donors (Lipinski definition) is 1. The molecule has 0 atom stereocenters. The number of benzene rings is 1. The van der Waals surface area contributed by atoms with E-state index in [1.54, 1.807) is 6.07 Å². The molecule has 0 spiro atoms. The number of fused-ring (bicyclic) bond motifs is 1. The summed E-state index contributed by atoms with van der Waals surface area (Å²) >= 11 is 0. The summed E-state index contributed by atoms with van der Waals surface area (Å²) in [5, 5.41) is 8.83. The van der Waals surface area contributed by atoms with E-state index >= 15 is 0 Å². The summed E-state index contributed by atoms with van der Waals surface area (Å²) in [4.78, 5) is 17.2. The van der Waals surface area contributed by atoms with Gasteiger partial charge in [-0.05, 0) is 39.2 Å². The van der Waals surface area contributed by atoms with Crippen molar-refractivity contribution in [1.82, 2.24) is 14.5 Å². The average Bonchev–Trinajstić information content (AvgIpc) is 2.73. The summed E-state index contributed by atoms with van der Waals surface area (Å²) in [5.74, 6) is -0.477. The first-order chi connectivity index (χ1) is 9.97. The van der Waals surface area contributed by atoms with Crippen molar-refractivity contribution in [2.45, 2.75) is 25.8 Å². The van der Waals surface area contributed by atoms with E-state index in [2.05, 4.69) is 9.88 Å². The van der Waals surface area contributed by atoms with E-state index in [-0.39, 0.29) is 12.2 Å². The van der Waals surface area contributed by atoms with Crippen LogP contribution in [-0.2, 0) is 17.8 Å². The van der Waals surface area contributed by atoms with Crippen LogP contribution in [-0.4, -0.2) is 46.2 Å². The van der Waals surface area contributed by atoms with Crippen LogP contribution in [0.1, 0.15) is 18.7 Å². The van der Waals surface area contributed by atoms with Gasteiger partial charge < -0.3 is 14.6 Å². The molecule has 2 rings (SSSR count). The monoisotopic (exact) mass is 293 g/mol. The lowest BCUT2D eigenvalue weighted by Crippen LogP contribution is -2.16. The van der Waals surface area contributed by atoms with Crippen molar-refractivity contribution in [3.8, 4) is 0 Å². The minimum absolute atomic E-state index is 0.0273. The molecule has 5 nitrogen and oxygen atoms in total. The fraction of sp³-hybridized carbons (Fsp3) is 0.467. The van der Waals surface area contributed by atoms with Gasteiger partial charge in [0.05, 0.1) is 17.5 Å². The quantitative estimate of drug-likeness (QED) is 0.849. The molecule has 1 N–H and O–H groups in total. The number of rotatable bonds is 7. The lowest BCUT2D eigenvalue weighted by Gasteiger charge is -2.12. The molecule has 1 aromatic carbocycles. The Balaban J connectivity index is 2.27. The molecule has 0 fully saturated rings. The molecule has 0 amide bonds. The zero-order valence-corrected chi connectivity index (χ0v) is 12.3. The zero-order chi connectivity index (χ0) is 15.4. The Morgan fingerprint density at radius 2 is 2.19 bits per heavy atom. The first kappa shape index (κ1) is 15.4. The van der Waals surface area contributed by atoms with Crippen LogP contribution in [0.5, 0.6) is 0 Å². The summed E-state index contributed by atoms with van der Waals surface area (Å²) in [6, 6.07) is 4.51. The fourth-order valence-electron chi connectivity index (χ4n) is 2.36. The van der Waals surface area contributed by atoms with Gasteiger partial charge in [0.1, 0.15) is 11.6 Å². The second-order valence-corrected chi connectivity index (χ2v) is 5.36. The predicted molar refractivity (Wildman–Crippen MR) is 78.8 cm³/mol. The molecule has 0 bridgehead atoms. The van der Waals surface area contributed by atoms with Crippen LogP contribution in [0.4, 0.5) is 4.39 Å². The highest BCUT2D eigenvalue weighted by molar-refractivity contribution is 5.76. The molecular formula is C15H20FN3O2. The van der Waals surface area contributed by atoms with E-state index in [4.69, 9.17) is 5.11 Å². The number of carboxylic acids is 1. The van der Waals surface area contributed by atoms with Crippen molar-refractivity contribution in [3.63, 3.8) is 0 Å². The fourth-order valence-corrected chi connectivity index (χ4v) is 2.36. The Morgan fingerprint density at radius 1 is 1.43 bits per heavy atom. The van der Waals surface area contributed by atoms with E-state index in [0.717, 1.165) is 25.0 Å². The smallest absolute Gasteiger partial charge is 0.303 e. The molecule has 21 heavy (non-hydrogen) atoms. The van der Waals surface area contributed by atoms with Gasteiger partial charge in [-0.2, -0.15) is 0 Å². The summed E-state index contributed by atoms with van der Waals surface area (Å²) in [5.41, 5.74) is 1.44. The number of aromatic nitrogens is 2. The Morgan fingerprint density at radius 3 is 2.86 bits per heavy atom. The Kier molecular flexibility index (Phi) is 4.90. The standard InChI is InChI=1S/C15H20FN3O2/c1-18(2)8-3-9-19-13-5-4-11(16)10-12(13)17-14(19)6-7-15(20)21/h4-5,10H,3,6-9H2,1-2H3,(H,20,21). The van der Waals surface area contributed by atoms with Crippen molar-refractivity contribution in [3.05, 3.63) is 29.8 Å². The van der Waals surface area contributed by atoms with Gasteiger partial charge in [-0.1, -0.05) is 0 Å². The molecule has 1 heterocycles. The average molecular weight is 293 g/mol.